The van der Waals surface area contributed by atoms with Crippen LogP contribution in [-0.4, -0.2) is 10.1 Å². The van der Waals surface area contributed by atoms with E-state index < -0.39 is 0 Å². The number of aromatic nitrogens is 1. The third-order valence-electron chi connectivity index (χ3n) is 2.53. The molecule has 1 N–H and O–H groups in total. The van der Waals surface area contributed by atoms with Crippen LogP contribution in [0.2, 0.25) is 0 Å². The summed E-state index contributed by atoms with van der Waals surface area (Å²) in [5.41, 5.74) is 5.14. The summed E-state index contributed by atoms with van der Waals surface area (Å²) in [5, 5.41) is 9.23. The van der Waals surface area contributed by atoms with Gasteiger partial charge in [0.1, 0.15) is 5.75 Å². The van der Waals surface area contributed by atoms with Crippen molar-refractivity contribution in [1.82, 2.24) is 4.98 Å². The van der Waals surface area contributed by atoms with Crippen LogP contribution in [0.5, 0.6) is 5.75 Å². The molecule has 0 saturated heterocycles. The topological polar surface area (TPSA) is 33.1 Å². The maximum absolute atomic E-state index is 9.23. The predicted octanol–water partition coefficient (Wildman–Crippen LogP) is 3.67. The molecule has 2 nitrogen and oxygen atoms in total. The van der Waals surface area contributed by atoms with Crippen LogP contribution in [0.1, 0.15) is 0 Å². The molecule has 0 spiro atoms. The Morgan fingerprint density at radius 1 is 0.938 bits per heavy atom. The molecule has 2 aromatic carbocycles. The van der Waals surface area contributed by atoms with Crippen molar-refractivity contribution < 1.29 is 5.11 Å². The van der Waals surface area contributed by atoms with Gasteiger partial charge in [0.25, 0.3) is 0 Å². The molecule has 16 heavy (non-hydrogen) atoms. The molecule has 3 aromatic rings. The van der Waals surface area contributed by atoms with Crippen molar-refractivity contribution in [2.45, 2.75) is 0 Å². The highest BCUT2D eigenvalue weighted by Crippen LogP contribution is 2.27. The van der Waals surface area contributed by atoms with E-state index in [4.69, 9.17) is 0 Å². The third kappa shape index (κ3) is 1.55. The van der Waals surface area contributed by atoms with Gasteiger partial charge in [-0.05, 0) is 35.4 Å². The number of hydrogen-bond acceptors (Lipinski definition) is 3. The second kappa shape index (κ2) is 3.61. The fraction of sp³-hybridized carbons (Fsp3) is 0. The van der Waals surface area contributed by atoms with Crippen molar-refractivity contribution in [2.24, 2.45) is 0 Å². The Balaban J connectivity index is 2.14. The summed E-state index contributed by atoms with van der Waals surface area (Å²) in [6, 6.07) is 13.4. The molecule has 0 aliphatic carbocycles. The van der Waals surface area contributed by atoms with Gasteiger partial charge in [-0.3, -0.25) is 0 Å². The van der Waals surface area contributed by atoms with Crippen molar-refractivity contribution in [3.63, 3.8) is 0 Å². The summed E-state index contributed by atoms with van der Waals surface area (Å²) in [6.07, 6.45) is 0. The average molecular weight is 227 g/mol. The second-order valence-corrected chi connectivity index (χ2v) is 4.47. The van der Waals surface area contributed by atoms with Crippen LogP contribution in [0, 0.1) is 0 Å². The summed E-state index contributed by atoms with van der Waals surface area (Å²) in [6.45, 7) is 0. The number of nitrogens with zero attached hydrogens (tertiary/aromatic N) is 1. The lowest BCUT2D eigenvalue weighted by Gasteiger charge is -2.01. The summed E-state index contributed by atoms with van der Waals surface area (Å²) in [5.74, 6) is 0.294. The lowest BCUT2D eigenvalue weighted by atomic mass is 10.1. The van der Waals surface area contributed by atoms with Gasteiger partial charge in [-0.25, -0.2) is 4.98 Å². The van der Waals surface area contributed by atoms with E-state index in [1.54, 1.807) is 23.5 Å². The van der Waals surface area contributed by atoms with Gasteiger partial charge in [-0.1, -0.05) is 18.2 Å². The molecule has 1 heterocycles. The maximum Gasteiger partial charge on any atom is 0.115 e. The van der Waals surface area contributed by atoms with E-state index in [0.717, 1.165) is 16.6 Å². The largest absolute Gasteiger partial charge is 0.508 e. The molecular formula is C13H9NOS. The molecule has 1 aromatic heterocycles. The van der Waals surface area contributed by atoms with Crippen molar-refractivity contribution >= 4 is 21.6 Å². The van der Waals surface area contributed by atoms with Crippen LogP contribution in [0.3, 0.4) is 0 Å². The summed E-state index contributed by atoms with van der Waals surface area (Å²) >= 11 is 1.64. The number of fused-ring (bicyclic) bond motifs is 1. The average Bonchev–Trinajstić information content (AvgIpc) is 2.77. The molecule has 0 aliphatic heterocycles. The lowest BCUT2D eigenvalue weighted by Crippen LogP contribution is -1.76. The SMILES string of the molecule is Oc1ccc(-c2ccc3ncsc3c2)cc1. The van der Waals surface area contributed by atoms with Gasteiger partial charge in [0, 0.05) is 0 Å². The van der Waals surface area contributed by atoms with Crippen LogP contribution in [0.25, 0.3) is 21.3 Å². The zero-order valence-corrected chi connectivity index (χ0v) is 9.24. The molecule has 0 atom stereocenters. The molecule has 3 heteroatoms. The minimum absolute atomic E-state index is 0.294. The van der Waals surface area contributed by atoms with Gasteiger partial charge >= 0.3 is 0 Å². The fourth-order valence-corrected chi connectivity index (χ4v) is 2.40. The summed E-state index contributed by atoms with van der Waals surface area (Å²) < 4.78 is 1.19. The number of phenolic OH excluding ortho intramolecular Hbond substituents is 1. The first kappa shape index (κ1) is 9.36. The Labute approximate surface area is 96.8 Å². The number of thiazole rings is 1. The highest BCUT2D eigenvalue weighted by atomic mass is 32.1. The van der Waals surface area contributed by atoms with Gasteiger partial charge in [0.05, 0.1) is 15.7 Å². The Morgan fingerprint density at radius 2 is 1.69 bits per heavy atom. The smallest absolute Gasteiger partial charge is 0.115 e. The molecular weight excluding hydrogens is 218 g/mol. The van der Waals surface area contributed by atoms with Crippen molar-refractivity contribution in [3.8, 4) is 16.9 Å². The maximum atomic E-state index is 9.23. The quantitative estimate of drug-likeness (QED) is 0.688. The first-order valence-corrected chi connectivity index (χ1v) is 5.83. The molecule has 0 aliphatic rings. The summed E-state index contributed by atoms with van der Waals surface area (Å²) in [7, 11) is 0. The van der Waals surface area contributed by atoms with Gasteiger partial charge in [-0.15, -0.1) is 11.3 Å². The normalized spacial score (nSPS) is 10.8. The van der Waals surface area contributed by atoms with Crippen LogP contribution in [-0.2, 0) is 0 Å². The van der Waals surface area contributed by atoms with Gasteiger partial charge in [-0.2, -0.15) is 0 Å². The minimum Gasteiger partial charge on any atom is -0.508 e. The number of benzene rings is 2. The Bertz CT molecular complexity index is 628. The molecule has 0 unspecified atom stereocenters. The molecule has 0 saturated carbocycles. The number of hydrogen-bond donors (Lipinski definition) is 1. The molecule has 0 bridgehead atoms. The zero-order chi connectivity index (χ0) is 11.0. The monoisotopic (exact) mass is 227 g/mol. The van der Waals surface area contributed by atoms with Gasteiger partial charge in [0.2, 0.25) is 0 Å². The van der Waals surface area contributed by atoms with Crippen molar-refractivity contribution in [3.05, 3.63) is 48.0 Å². The van der Waals surface area contributed by atoms with E-state index in [1.807, 2.05) is 23.7 Å². The first-order valence-electron chi connectivity index (χ1n) is 4.95. The number of rotatable bonds is 1. The molecule has 0 fully saturated rings. The van der Waals surface area contributed by atoms with E-state index >= 15 is 0 Å². The Hall–Kier alpha value is -1.87. The van der Waals surface area contributed by atoms with E-state index in [9.17, 15) is 5.11 Å². The van der Waals surface area contributed by atoms with E-state index in [0.29, 0.717) is 5.75 Å². The minimum atomic E-state index is 0.294. The van der Waals surface area contributed by atoms with Crippen molar-refractivity contribution in [2.75, 3.05) is 0 Å². The third-order valence-corrected chi connectivity index (χ3v) is 3.32. The molecule has 0 amide bonds. The molecule has 78 valence electrons. The highest BCUT2D eigenvalue weighted by molar-refractivity contribution is 7.16. The van der Waals surface area contributed by atoms with Gasteiger partial charge < -0.3 is 5.11 Å². The highest BCUT2D eigenvalue weighted by Gasteiger charge is 2.01. The molecule has 3 rings (SSSR count). The Kier molecular flexibility index (Phi) is 2.11. The predicted molar refractivity (Wildman–Crippen MR) is 66.7 cm³/mol. The Morgan fingerprint density at radius 3 is 2.50 bits per heavy atom. The van der Waals surface area contributed by atoms with E-state index in [1.165, 1.54) is 4.70 Å². The van der Waals surface area contributed by atoms with Crippen LogP contribution >= 0.6 is 11.3 Å². The lowest BCUT2D eigenvalue weighted by molar-refractivity contribution is 0.475. The number of phenols is 1. The van der Waals surface area contributed by atoms with E-state index in [2.05, 4.69) is 17.1 Å². The van der Waals surface area contributed by atoms with Crippen LogP contribution < -0.4 is 0 Å². The van der Waals surface area contributed by atoms with Gasteiger partial charge in [0.15, 0.2) is 0 Å². The zero-order valence-electron chi connectivity index (χ0n) is 8.42. The van der Waals surface area contributed by atoms with Crippen molar-refractivity contribution in [1.29, 1.82) is 0 Å². The fourth-order valence-electron chi connectivity index (χ4n) is 1.69. The standard InChI is InChI=1S/C13H9NOS/c15-11-4-1-9(2-5-11)10-3-6-12-13(7-10)16-8-14-12/h1-8,15H. The van der Waals surface area contributed by atoms with E-state index in [-0.39, 0.29) is 0 Å². The second-order valence-electron chi connectivity index (χ2n) is 3.58. The first-order chi connectivity index (χ1) is 7.83. The van der Waals surface area contributed by atoms with Crippen LogP contribution in [0.4, 0.5) is 0 Å². The van der Waals surface area contributed by atoms with Crippen LogP contribution in [0.15, 0.2) is 48.0 Å². The molecule has 0 radical (unpaired) electrons. The number of aromatic hydroxyl groups is 1. The summed E-state index contributed by atoms with van der Waals surface area (Å²) in [4.78, 5) is 4.25.